The van der Waals surface area contributed by atoms with E-state index in [1.807, 2.05) is 19.1 Å². The molecule has 1 N–H and O–H groups in total. The quantitative estimate of drug-likeness (QED) is 0.714. The number of hydrogen-bond donors (Lipinski definition) is 1. The Bertz CT molecular complexity index is 1150. The van der Waals surface area contributed by atoms with Gasteiger partial charge in [-0.1, -0.05) is 13.0 Å². The lowest BCUT2D eigenvalue weighted by molar-refractivity contribution is 0.0937. The number of amides is 1. The third kappa shape index (κ3) is 2.90. The molecule has 0 saturated carbocycles. The van der Waals surface area contributed by atoms with Crippen LogP contribution in [0.25, 0.3) is 11.0 Å². The monoisotopic (exact) mass is 395 g/mol. The lowest BCUT2D eigenvalue weighted by Crippen LogP contribution is -2.22. The molecule has 150 valence electrons. The van der Waals surface area contributed by atoms with Gasteiger partial charge in [0, 0.05) is 0 Å². The molecule has 0 radical (unpaired) electrons. The molecule has 7 nitrogen and oxygen atoms in total. The molecule has 1 aliphatic rings. The van der Waals surface area contributed by atoms with Crippen molar-refractivity contribution in [2.75, 3.05) is 21.3 Å². The number of benzene rings is 2. The molecule has 29 heavy (non-hydrogen) atoms. The summed E-state index contributed by atoms with van der Waals surface area (Å²) in [6.07, 6.45) is 0.792. The number of hydrogen-bond acceptors (Lipinski definition) is 6. The third-order valence-electron chi connectivity index (χ3n) is 5.19. The zero-order valence-corrected chi connectivity index (χ0v) is 16.6. The second kappa shape index (κ2) is 7.16. The maximum atomic E-state index is 13.3. The van der Waals surface area contributed by atoms with Crippen LogP contribution >= 0.6 is 0 Å². The summed E-state index contributed by atoms with van der Waals surface area (Å²) in [6.45, 7) is 2.01. The van der Waals surface area contributed by atoms with Gasteiger partial charge in [-0.3, -0.25) is 9.59 Å². The molecule has 0 saturated heterocycles. The van der Waals surface area contributed by atoms with Crippen molar-refractivity contribution >= 4 is 16.9 Å². The first kappa shape index (κ1) is 18.9. The molecule has 1 atom stereocenters. The van der Waals surface area contributed by atoms with Crippen molar-refractivity contribution < 1.29 is 23.4 Å². The standard InChI is InChI=1S/C22H21NO6/c1-5-11-6-7-14-13(8-11)19(24)17-18(23-22(25)21(17)29-14)12-9-15(26-2)20(28-4)16(10-12)27-3/h6-10,18H,5H2,1-4H3,(H,23,25)/t18-/m0/s1. The molecule has 2 heterocycles. The Hall–Kier alpha value is -3.48. The second-order valence-electron chi connectivity index (χ2n) is 6.72. The maximum absolute atomic E-state index is 13.3. The molecule has 3 aromatic rings. The van der Waals surface area contributed by atoms with Crippen LogP contribution in [0, 0.1) is 0 Å². The zero-order chi connectivity index (χ0) is 20.7. The van der Waals surface area contributed by atoms with Crippen molar-refractivity contribution in [2.24, 2.45) is 0 Å². The van der Waals surface area contributed by atoms with Crippen LogP contribution in [0.4, 0.5) is 0 Å². The number of methoxy groups -OCH3 is 3. The molecule has 1 aromatic heterocycles. The number of nitrogens with one attached hydrogen (secondary N) is 1. The van der Waals surface area contributed by atoms with E-state index in [-0.39, 0.29) is 16.8 Å². The smallest absolute Gasteiger partial charge is 0.288 e. The number of fused-ring (bicyclic) bond motifs is 2. The van der Waals surface area contributed by atoms with E-state index in [4.69, 9.17) is 18.6 Å². The van der Waals surface area contributed by atoms with Crippen LogP contribution in [0.2, 0.25) is 0 Å². The minimum Gasteiger partial charge on any atom is -0.493 e. The molecule has 1 amide bonds. The van der Waals surface area contributed by atoms with Crippen LogP contribution < -0.4 is 25.0 Å². The lowest BCUT2D eigenvalue weighted by Gasteiger charge is -2.17. The molecule has 7 heteroatoms. The summed E-state index contributed by atoms with van der Waals surface area (Å²) in [6, 6.07) is 8.19. The lowest BCUT2D eigenvalue weighted by atomic mass is 9.98. The number of carbonyl (C=O) groups excluding carboxylic acids is 1. The fourth-order valence-corrected chi connectivity index (χ4v) is 3.69. The van der Waals surface area contributed by atoms with Gasteiger partial charge in [-0.2, -0.15) is 0 Å². The molecular weight excluding hydrogens is 374 g/mol. The first-order valence-corrected chi connectivity index (χ1v) is 9.22. The van der Waals surface area contributed by atoms with Crippen LogP contribution in [0.1, 0.15) is 40.2 Å². The predicted molar refractivity (Wildman–Crippen MR) is 107 cm³/mol. The van der Waals surface area contributed by atoms with E-state index >= 15 is 0 Å². The number of aryl methyl sites for hydroxylation is 1. The molecule has 0 bridgehead atoms. The predicted octanol–water partition coefficient (Wildman–Crippen LogP) is 3.21. The first-order valence-electron chi connectivity index (χ1n) is 9.22. The van der Waals surface area contributed by atoms with Crippen LogP contribution in [-0.2, 0) is 6.42 Å². The summed E-state index contributed by atoms with van der Waals surface area (Å²) in [5, 5.41) is 3.29. The van der Waals surface area contributed by atoms with E-state index in [1.165, 1.54) is 21.3 Å². The van der Waals surface area contributed by atoms with E-state index in [2.05, 4.69) is 5.32 Å². The van der Waals surface area contributed by atoms with Crippen molar-refractivity contribution in [3.63, 3.8) is 0 Å². The molecule has 0 aliphatic carbocycles. The van der Waals surface area contributed by atoms with Crippen LogP contribution in [0.5, 0.6) is 17.2 Å². The minimum absolute atomic E-state index is 0.0329. The highest BCUT2D eigenvalue weighted by atomic mass is 16.5. The zero-order valence-electron chi connectivity index (χ0n) is 16.6. The van der Waals surface area contributed by atoms with Crippen molar-refractivity contribution in [2.45, 2.75) is 19.4 Å². The molecule has 4 rings (SSSR count). The highest BCUT2D eigenvalue weighted by molar-refractivity contribution is 5.99. The molecule has 0 fully saturated rings. The Morgan fingerprint density at radius 2 is 1.69 bits per heavy atom. The number of carbonyl (C=O) groups is 1. The van der Waals surface area contributed by atoms with Gasteiger partial charge in [0.15, 0.2) is 16.9 Å². The summed E-state index contributed by atoms with van der Waals surface area (Å²) in [7, 11) is 4.53. The van der Waals surface area contributed by atoms with Gasteiger partial charge in [0.05, 0.1) is 38.3 Å². The fraction of sp³-hybridized carbons (Fsp3) is 0.273. The van der Waals surface area contributed by atoms with E-state index in [9.17, 15) is 9.59 Å². The number of rotatable bonds is 5. The van der Waals surface area contributed by atoms with Gasteiger partial charge < -0.3 is 23.9 Å². The Balaban J connectivity index is 1.95. The average molecular weight is 395 g/mol. The SMILES string of the molecule is CCc1ccc2oc3c(c(=O)c2c1)[C@H](c1cc(OC)c(OC)c(OC)c1)NC3=O. The van der Waals surface area contributed by atoms with Crippen molar-refractivity contribution in [3.8, 4) is 17.2 Å². The molecule has 1 aliphatic heterocycles. The first-order chi connectivity index (χ1) is 14.0. The van der Waals surface area contributed by atoms with Crippen molar-refractivity contribution in [1.82, 2.24) is 5.32 Å². The Morgan fingerprint density at radius 3 is 2.28 bits per heavy atom. The Morgan fingerprint density at radius 1 is 1.00 bits per heavy atom. The molecule has 2 aromatic carbocycles. The summed E-state index contributed by atoms with van der Waals surface area (Å²) < 4.78 is 22.0. The van der Waals surface area contributed by atoms with Crippen LogP contribution in [0.3, 0.4) is 0 Å². The van der Waals surface area contributed by atoms with Gasteiger partial charge in [0.25, 0.3) is 5.91 Å². The van der Waals surface area contributed by atoms with Gasteiger partial charge in [-0.05, 0) is 41.8 Å². The van der Waals surface area contributed by atoms with Gasteiger partial charge >= 0.3 is 0 Å². The summed E-state index contributed by atoms with van der Waals surface area (Å²) in [4.78, 5) is 25.9. The normalized spacial score (nSPS) is 15.2. The third-order valence-corrected chi connectivity index (χ3v) is 5.19. The Kier molecular flexibility index (Phi) is 4.66. The maximum Gasteiger partial charge on any atom is 0.288 e. The number of ether oxygens (including phenoxy) is 3. The van der Waals surface area contributed by atoms with E-state index in [0.29, 0.717) is 33.8 Å². The summed E-state index contributed by atoms with van der Waals surface area (Å²) in [5.74, 6) is 0.898. The fourth-order valence-electron chi connectivity index (χ4n) is 3.69. The van der Waals surface area contributed by atoms with Gasteiger partial charge in [-0.15, -0.1) is 0 Å². The second-order valence-corrected chi connectivity index (χ2v) is 6.72. The van der Waals surface area contributed by atoms with Crippen molar-refractivity contribution in [1.29, 1.82) is 0 Å². The molecular formula is C22H21NO6. The van der Waals surface area contributed by atoms with E-state index in [0.717, 1.165) is 12.0 Å². The Labute approximate surface area is 167 Å². The summed E-state index contributed by atoms with van der Waals surface area (Å²) in [5.41, 5.74) is 2.10. The largest absolute Gasteiger partial charge is 0.493 e. The van der Waals surface area contributed by atoms with E-state index < -0.39 is 11.9 Å². The minimum atomic E-state index is -0.683. The van der Waals surface area contributed by atoms with E-state index in [1.54, 1.807) is 18.2 Å². The highest BCUT2D eigenvalue weighted by Gasteiger charge is 2.37. The van der Waals surface area contributed by atoms with Crippen LogP contribution in [-0.4, -0.2) is 27.2 Å². The van der Waals surface area contributed by atoms with Crippen LogP contribution in [0.15, 0.2) is 39.5 Å². The summed E-state index contributed by atoms with van der Waals surface area (Å²) >= 11 is 0. The highest BCUT2D eigenvalue weighted by Crippen LogP contribution is 2.42. The van der Waals surface area contributed by atoms with Crippen molar-refractivity contribution in [3.05, 3.63) is 63.0 Å². The van der Waals surface area contributed by atoms with Gasteiger partial charge in [-0.25, -0.2) is 0 Å². The average Bonchev–Trinajstić information content (AvgIpc) is 3.09. The topological polar surface area (TPSA) is 87.0 Å². The molecule has 0 unspecified atom stereocenters. The van der Waals surface area contributed by atoms with Gasteiger partial charge in [0.1, 0.15) is 5.58 Å². The van der Waals surface area contributed by atoms with Gasteiger partial charge in [0.2, 0.25) is 11.5 Å². The molecule has 0 spiro atoms.